The van der Waals surface area contributed by atoms with Crippen LogP contribution in [0.4, 0.5) is 0 Å². The molecule has 0 spiro atoms. The summed E-state index contributed by atoms with van der Waals surface area (Å²) in [6.07, 6.45) is 2.82. The van der Waals surface area contributed by atoms with Crippen LogP contribution in [0, 0.1) is 0 Å². The number of hydrogen-bond acceptors (Lipinski definition) is 4. The molecule has 0 bridgehead atoms. The third-order valence-electron chi connectivity index (χ3n) is 3.45. The van der Waals surface area contributed by atoms with Gasteiger partial charge < -0.3 is 20.5 Å². The number of amides is 1. The molecule has 0 unspecified atom stereocenters. The van der Waals surface area contributed by atoms with Gasteiger partial charge in [-0.05, 0) is 33.1 Å². The van der Waals surface area contributed by atoms with Crippen LogP contribution in [0.25, 0.3) is 0 Å². The molecule has 0 aromatic carbocycles. The van der Waals surface area contributed by atoms with Crippen LogP contribution >= 0.6 is 0 Å². The predicted octanol–water partition coefficient (Wildman–Crippen LogP) is 0.986. The second-order valence-corrected chi connectivity index (χ2v) is 6.08. The molecule has 116 valence electrons. The zero-order valence-corrected chi connectivity index (χ0v) is 12.4. The first-order chi connectivity index (χ1) is 9.28. The van der Waals surface area contributed by atoms with Crippen molar-refractivity contribution in [2.45, 2.75) is 57.6 Å². The summed E-state index contributed by atoms with van der Waals surface area (Å²) in [5.74, 6) is -0.700. The van der Waals surface area contributed by atoms with Gasteiger partial charge in [-0.1, -0.05) is 0 Å². The van der Waals surface area contributed by atoms with Crippen LogP contribution in [0.2, 0.25) is 0 Å². The Morgan fingerprint density at radius 2 is 1.90 bits per heavy atom. The summed E-state index contributed by atoms with van der Waals surface area (Å²) in [4.78, 5) is 24.2. The van der Waals surface area contributed by atoms with Crippen molar-refractivity contribution in [3.05, 3.63) is 0 Å². The van der Waals surface area contributed by atoms with Gasteiger partial charge in [0.05, 0.1) is 19.1 Å². The highest BCUT2D eigenvalue weighted by atomic mass is 16.5. The monoisotopic (exact) mass is 286 g/mol. The van der Waals surface area contributed by atoms with Crippen LogP contribution in [0.1, 0.15) is 46.0 Å². The molecular formula is C14H26N2O4. The minimum absolute atomic E-state index is 0.0325. The summed E-state index contributed by atoms with van der Waals surface area (Å²) in [5.41, 5.74) is 5.56. The molecule has 0 aromatic heterocycles. The molecule has 1 fully saturated rings. The van der Waals surface area contributed by atoms with Crippen LogP contribution in [0.3, 0.4) is 0 Å². The number of carboxylic acid groups (broad SMARTS) is 1. The smallest absolute Gasteiger partial charge is 0.305 e. The van der Waals surface area contributed by atoms with E-state index in [1.165, 1.54) is 0 Å². The number of likely N-dealkylation sites (tertiary alicyclic amines) is 1. The molecule has 6 heteroatoms. The van der Waals surface area contributed by atoms with Crippen molar-refractivity contribution in [1.82, 2.24) is 4.90 Å². The Morgan fingerprint density at radius 3 is 2.40 bits per heavy atom. The summed E-state index contributed by atoms with van der Waals surface area (Å²) in [6, 6.07) is 0. The number of nitrogens with zero attached hydrogens (tertiary/aromatic N) is 1. The van der Waals surface area contributed by atoms with Crippen molar-refractivity contribution in [1.29, 1.82) is 0 Å². The third kappa shape index (κ3) is 6.86. The van der Waals surface area contributed by atoms with Crippen molar-refractivity contribution >= 4 is 11.9 Å². The molecule has 1 aliphatic heterocycles. The first kappa shape index (κ1) is 16.9. The fraction of sp³-hybridized carbons (Fsp3) is 0.857. The van der Waals surface area contributed by atoms with E-state index in [-0.39, 0.29) is 30.6 Å². The maximum Gasteiger partial charge on any atom is 0.305 e. The molecule has 1 saturated heterocycles. The number of nitrogens with two attached hydrogens (primary N) is 1. The van der Waals surface area contributed by atoms with Gasteiger partial charge in [0.2, 0.25) is 5.91 Å². The van der Waals surface area contributed by atoms with E-state index in [4.69, 9.17) is 15.6 Å². The maximum atomic E-state index is 12.0. The lowest BCUT2D eigenvalue weighted by Gasteiger charge is -2.32. The number of ether oxygens (including phenoxy) is 1. The van der Waals surface area contributed by atoms with Crippen LogP contribution in [-0.4, -0.2) is 53.2 Å². The summed E-state index contributed by atoms with van der Waals surface area (Å²) < 4.78 is 5.50. The zero-order chi connectivity index (χ0) is 15.2. The van der Waals surface area contributed by atoms with Crippen LogP contribution < -0.4 is 5.73 Å². The first-order valence-electron chi connectivity index (χ1n) is 7.18. The average molecular weight is 286 g/mol. The Kier molecular flexibility index (Phi) is 6.42. The number of carbonyl (C=O) groups excluding carboxylic acids is 1. The van der Waals surface area contributed by atoms with Gasteiger partial charge >= 0.3 is 5.97 Å². The van der Waals surface area contributed by atoms with Gasteiger partial charge in [0.15, 0.2) is 0 Å². The average Bonchev–Trinajstić information content (AvgIpc) is 2.35. The number of rotatable bonds is 7. The minimum Gasteiger partial charge on any atom is -0.481 e. The molecule has 0 aliphatic carbocycles. The van der Waals surface area contributed by atoms with E-state index in [1.54, 1.807) is 0 Å². The van der Waals surface area contributed by atoms with Gasteiger partial charge in [0.1, 0.15) is 0 Å². The van der Waals surface area contributed by atoms with E-state index in [0.29, 0.717) is 25.9 Å². The molecule has 1 amide bonds. The molecule has 0 aromatic rings. The van der Waals surface area contributed by atoms with E-state index in [9.17, 15) is 9.59 Å². The number of aliphatic carboxylic acids is 1. The van der Waals surface area contributed by atoms with Gasteiger partial charge in [-0.25, -0.2) is 0 Å². The highest BCUT2D eigenvalue weighted by Gasteiger charge is 2.24. The molecule has 20 heavy (non-hydrogen) atoms. The first-order valence-corrected chi connectivity index (χ1v) is 7.18. The summed E-state index contributed by atoms with van der Waals surface area (Å²) >= 11 is 0. The van der Waals surface area contributed by atoms with Crippen LogP contribution in [0.15, 0.2) is 0 Å². The quantitative estimate of drug-likeness (QED) is 0.728. The Hall–Kier alpha value is -1.14. The molecule has 1 rings (SSSR count). The molecule has 3 N–H and O–H groups in total. The molecule has 1 heterocycles. The number of carbonyl (C=O) groups is 2. The van der Waals surface area contributed by atoms with Gasteiger partial charge in [0, 0.05) is 25.0 Å². The summed E-state index contributed by atoms with van der Waals surface area (Å²) in [5, 5.41) is 8.54. The molecule has 0 radical (unpaired) electrons. The van der Waals surface area contributed by atoms with Crippen LogP contribution in [-0.2, 0) is 14.3 Å². The molecule has 0 atom stereocenters. The Balaban J connectivity index is 2.21. The third-order valence-corrected chi connectivity index (χ3v) is 3.45. The fourth-order valence-corrected chi connectivity index (χ4v) is 2.17. The minimum atomic E-state index is -0.845. The SMILES string of the molecule is CC(C)(N)CCC(=O)N1CCC(OCCC(=O)O)CC1. The van der Waals surface area contributed by atoms with E-state index >= 15 is 0 Å². The molecule has 0 saturated carbocycles. The second kappa shape index (κ2) is 7.59. The number of hydrogen-bond donors (Lipinski definition) is 2. The standard InChI is InChI=1S/C14H26N2O4/c1-14(2,15)7-3-12(17)16-8-4-11(5-9-16)20-10-6-13(18)19/h11H,3-10,15H2,1-2H3,(H,18,19). The van der Waals surface area contributed by atoms with Gasteiger partial charge in [-0.3, -0.25) is 9.59 Å². The van der Waals surface area contributed by atoms with Crippen molar-refractivity contribution in [3.63, 3.8) is 0 Å². The van der Waals surface area contributed by atoms with E-state index in [2.05, 4.69) is 0 Å². The van der Waals surface area contributed by atoms with Crippen LogP contribution in [0.5, 0.6) is 0 Å². The highest BCUT2D eigenvalue weighted by molar-refractivity contribution is 5.76. The number of carboxylic acids is 1. The highest BCUT2D eigenvalue weighted by Crippen LogP contribution is 2.16. The fourth-order valence-electron chi connectivity index (χ4n) is 2.17. The lowest BCUT2D eigenvalue weighted by molar-refractivity contribution is -0.139. The maximum absolute atomic E-state index is 12.0. The molecular weight excluding hydrogens is 260 g/mol. The molecule has 6 nitrogen and oxygen atoms in total. The lowest BCUT2D eigenvalue weighted by Crippen LogP contribution is -2.42. The summed E-state index contributed by atoms with van der Waals surface area (Å²) in [6.45, 7) is 5.45. The van der Waals surface area contributed by atoms with Gasteiger partial charge in [0.25, 0.3) is 0 Å². The van der Waals surface area contributed by atoms with Crippen molar-refractivity contribution in [2.24, 2.45) is 5.73 Å². The second-order valence-electron chi connectivity index (χ2n) is 6.08. The lowest BCUT2D eigenvalue weighted by atomic mass is 9.99. The van der Waals surface area contributed by atoms with Gasteiger partial charge in [-0.2, -0.15) is 0 Å². The van der Waals surface area contributed by atoms with Gasteiger partial charge in [-0.15, -0.1) is 0 Å². The van der Waals surface area contributed by atoms with Crippen molar-refractivity contribution in [2.75, 3.05) is 19.7 Å². The molecule has 1 aliphatic rings. The Morgan fingerprint density at radius 1 is 1.30 bits per heavy atom. The Bertz CT molecular complexity index is 331. The predicted molar refractivity (Wildman–Crippen MR) is 75.3 cm³/mol. The topological polar surface area (TPSA) is 92.9 Å². The van der Waals surface area contributed by atoms with Crippen molar-refractivity contribution in [3.8, 4) is 0 Å². The number of piperidine rings is 1. The van der Waals surface area contributed by atoms with E-state index < -0.39 is 5.97 Å². The Labute approximate surface area is 120 Å². The summed E-state index contributed by atoms with van der Waals surface area (Å²) in [7, 11) is 0. The normalized spacial score (nSPS) is 17.2. The van der Waals surface area contributed by atoms with Crippen molar-refractivity contribution < 1.29 is 19.4 Å². The van der Waals surface area contributed by atoms with E-state index in [1.807, 2.05) is 18.7 Å². The zero-order valence-electron chi connectivity index (χ0n) is 12.4. The van der Waals surface area contributed by atoms with E-state index in [0.717, 1.165) is 12.8 Å². The largest absolute Gasteiger partial charge is 0.481 e.